The molecule has 1 aliphatic carbocycles. The van der Waals surface area contributed by atoms with E-state index in [0.717, 1.165) is 46.9 Å². The van der Waals surface area contributed by atoms with Crippen molar-refractivity contribution in [1.82, 2.24) is 14.8 Å². The van der Waals surface area contributed by atoms with Crippen LogP contribution >= 0.6 is 11.6 Å². The van der Waals surface area contributed by atoms with E-state index in [1.165, 1.54) is 16.7 Å². The molecule has 1 aromatic carbocycles. The quantitative estimate of drug-likeness (QED) is 0.493. The highest BCUT2D eigenvalue weighted by atomic mass is 35.5. The fourth-order valence-corrected chi connectivity index (χ4v) is 5.03. The summed E-state index contributed by atoms with van der Waals surface area (Å²) in [6.07, 6.45) is 7.21. The molecule has 1 fully saturated rings. The monoisotopic (exact) mass is 449 g/mol. The third-order valence-electron chi connectivity index (χ3n) is 6.52. The molecule has 2 aliphatic rings. The molecule has 3 heterocycles. The summed E-state index contributed by atoms with van der Waals surface area (Å²) in [5, 5.41) is 10.1. The standard InChI is InChI=1S/C25H26ClN4O2/c26-21-5-6-22-20(17-21)4-3-19-2-1-9-27-24(19)25(22)29-14-12-28(13-15-29)23(31)16-18-7-10-30(32)11-8-18/h1-2,5-11,17,25,32H,3-4,12-16H2/q+1/t25-/m0/s1. The number of amides is 1. The second-order valence-corrected chi connectivity index (χ2v) is 8.91. The number of rotatable bonds is 3. The Morgan fingerprint density at radius 2 is 1.81 bits per heavy atom. The van der Waals surface area contributed by atoms with Gasteiger partial charge in [-0.15, -0.1) is 0 Å². The number of pyridine rings is 2. The maximum Gasteiger partial charge on any atom is 0.227 e. The van der Waals surface area contributed by atoms with Crippen LogP contribution in [0.5, 0.6) is 0 Å². The molecule has 1 amide bonds. The van der Waals surface area contributed by atoms with Gasteiger partial charge in [0.05, 0.1) is 18.2 Å². The molecular formula is C25H26ClN4O2+. The van der Waals surface area contributed by atoms with E-state index in [1.54, 1.807) is 24.5 Å². The number of carbonyl (C=O) groups is 1. The molecule has 3 aromatic rings. The van der Waals surface area contributed by atoms with Crippen LogP contribution in [-0.4, -0.2) is 52.1 Å². The number of hydrogen-bond donors (Lipinski definition) is 1. The number of benzene rings is 1. The van der Waals surface area contributed by atoms with Crippen LogP contribution in [-0.2, 0) is 24.1 Å². The Labute approximate surface area is 192 Å². The summed E-state index contributed by atoms with van der Waals surface area (Å²) in [5.74, 6) is 0.118. The van der Waals surface area contributed by atoms with Gasteiger partial charge in [-0.05, 0) is 53.3 Å². The first-order valence-corrected chi connectivity index (χ1v) is 11.4. The molecule has 1 atom stereocenters. The van der Waals surface area contributed by atoms with Crippen LogP contribution in [0.25, 0.3) is 0 Å². The van der Waals surface area contributed by atoms with Crippen LogP contribution in [0.1, 0.15) is 34.0 Å². The third kappa shape index (κ3) is 4.20. The van der Waals surface area contributed by atoms with Gasteiger partial charge >= 0.3 is 0 Å². The van der Waals surface area contributed by atoms with Gasteiger partial charge in [-0.25, -0.2) is 0 Å². The molecule has 2 aromatic heterocycles. The molecule has 0 saturated carbocycles. The molecule has 0 radical (unpaired) electrons. The Balaban J connectivity index is 1.35. The van der Waals surface area contributed by atoms with Crippen LogP contribution < -0.4 is 4.73 Å². The van der Waals surface area contributed by atoms with Crippen molar-refractivity contribution in [2.45, 2.75) is 25.3 Å². The molecule has 1 N–H and O–H groups in total. The van der Waals surface area contributed by atoms with Crippen LogP contribution in [0.2, 0.25) is 5.02 Å². The summed E-state index contributed by atoms with van der Waals surface area (Å²) in [6, 6.07) is 14.0. The highest BCUT2D eigenvalue weighted by Gasteiger charge is 2.33. The first-order chi connectivity index (χ1) is 15.6. The minimum Gasteiger partial charge on any atom is -0.340 e. The Kier molecular flexibility index (Phi) is 5.81. The molecule has 7 heteroatoms. The molecule has 0 unspecified atom stereocenters. The van der Waals surface area contributed by atoms with Gasteiger partial charge in [0.2, 0.25) is 18.3 Å². The fraction of sp³-hybridized carbons (Fsp3) is 0.320. The second kappa shape index (κ2) is 8.88. The lowest BCUT2D eigenvalue weighted by atomic mass is 9.96. The Morgan fingerprint density at radius 1 is 1.06 bits per heavy atom. The van der Waals surface area contributed by atoms with Crippen molar-refractivity contribution in [2.75, 3.05) is 26.2 Å². The number of aromatic nitrogens is 2. The summed E-state index contributed by atoms with van der Waals surface area (Å²) in [4.78, 5) is 22.0. The molecule has 1 aliphatic heterocycles. The SMILES string of the molecule is O=C(Cc1cc[n+](O)cc1)N1CCN([C@H]2c3ccc(Cl)cc3CCc3cccnc32)CC1. The predicted octanol–water partition coefficient (Wildman–Crippen LogP) is 2.83. The van der Waals surface area contributed by atoms with Crippen LogP contribution in [0.3, 0.4) is 0 Å². The molecule has 5 rings (SSSR count). The maximum atomic E-state index is 12.8. The molecule has 6 nitrogen and oxygen atoms in total. The lowest BCUT2D eigenvalue weighted by Crippen LogP contribution is -2.50. The van der Waals surface area contributed by atoms with Crippen molar-refractivity contribution >= 4 is 17.5 Å². The van der Waals surface area contributed by atoms with Crippen molar-refractivity contribution in [1.29, 1.82) is 0 Å². The van der Waals surface area contributed by atoms with Crippen molar-refractivity contribution in [3.8, 4) is 0 Å². The number of piperazine rings is 1. The van der Waals surface area contributed by atoms with Crippen molar-refractivity contribution < 1.29 is 14.7 Å². The Morgan fingerprint density at radius 3 is 2.59 bits per heavy atom. The zero-order valence-corrected chi connectivity index (χ0v) is 18.6. The van der Waals surface area contributed by atoms with E-state index in [2.05, 4.69) is 23.1 Å². The van der Waals surface area contributed by atoms with Crippen molar-refractivity contribution in [3.05, 3.63) is 94.0 Å². The summed E-state index contributed by atoms with van der Waals surface area (Å²) in [5.41, 5.74) is 5.86. The van der Waals surface area contributed by atoms with E-state index in [0.29, 0.717) is 19.5 Å². The summed E-state index contributed by atoms with van der Waals surface area (Å²) in [7, 11) is 0. The number of hydrogen-bond acceptors (Lipinski definition) is 4. The van der Waals surface area contributed by atoms with Gasteiger partial charge in [0.15, 0.2) is 0 Å². The summed E-state index contributed by atoms with van der Waals surface area (Å²) < 4.78 is 0.983. The van der Waals surface area contributed by atoms with E-state index in [4.69, 9.17) is 16.6 Å². The number of aryl methyl sites for hydroxylation is 2. The zero-order valence-electron chi connectivity index (χ0n) is 17.8. The number of carbonyl (C=O) groups excluding carboxylic acids is 1. The molecule has 164 valence electrons. The molecule has 0 spiro atoms. The van der Waals surface area contributed by atoms with E-state index in [9.17, 15) is 10.0 Å². The minimum absolute atomic E-state index is 0.0762. The third-order valence-corrected chi connectivity index (χ3v) is 6.75. The van der Waals surface area contributed by atoms with Crippen LogP contribution in [0, 0.1) is 0 Å². The molecule has 0 bridgehead atoms. The van der Waals surface area contributed by atoms with E-state index < -0.39 is 0 Å². The van der Waals surface area contributed by atoms with Gasteiger partial charge in [0.25, 0.3) is 0 Å². The predicted molar refractivity (Wildman–Crippen MR) is 121 cm³/mol. The average Bonchev–Trinajstić information content (AvgIpc) is 2.97. The zero-order chi connectivity index (χ0) is 22.1. The largest absolute Gasteiger partial charge is 0.340 e. The molecule has 32 heavy (non-hydrogen) atoms. The highest BCUT2D eigenvalue weighted by molar-refractivity contribution is 6.30. The maximum absolute atomic E-state index is 12.8. The average molecular weight is 450 g/mol. The summed E-state index contributed by atoms with van der Waals surface area (Å²) >= 11 is 6.32. The topological polar surface area (TPSA) is 60.6 Å². The van der Waals surface area contributed by atoms with Gasteiger partial charge in [-0.3, -0.25) is 19.9 Å². The Bertz CT molecular complexity index is 1130. The van der Waals surface area contributed by atoms with Gasteiger partial charge < -0.3 is 4.90 Å². The van der Waals surface area contributed by atoms with Crippen molar-refractivity contribution in [2.24, 2.45) is 0 Å². The first-order valence-electron chi connectivity index (χ1n) is 11.0. The second-order valence-electron chi connectivity index (χ2n) is 8.47. The van der Waals surface area contributed by atoms with Gasteiger partial charge in [0.1, 0.15) is 0 Å². The lowest BCUT2D eigenvalue weighted by Gasteiger charge is -2.39. The number of halogens is 1. The van der Waals surface area contributed by atoms with Crippen molar-refractivity contribution in [3.63, 3.8) is 0 Å². The minimum atomic E-state index is 0.0762. The van der Waals surface area contributed by atoms with E-state index in [-0.39, 0.29) is 11.9 Å². The van der Waals surface area contributed by atoms with Gasteiger partial charge in [0, 0.05) is 54.3 Å². The van der Waals surface area contributed by atoms with Crippen LogP contribution in [0.4, 0.5) is 0 Å². The van der Waals surface area contributed by atoms with Gasteiger partial charge in [-0.1, -0.05) is 23.7 Å². The molecule has 1 saturated heterocycles. The number of nitrogens with zero attached hydrogens (tertiary/aromatic N) is 4. The highest BCUT2D eigenvalue weighted by Crippen LogP contribution is 2.37. The summed E-state index contributed by atoms with van der Waals surface area (Å²) in [6.45, 7) is 2.96. The Hall–Kier alpha value is -2.96. The lowest BCUT2D eigenvalue weighted by molar-refractivity contribution is -0.904. The smallest absolute Gasteiger partial charge is 0.227 e. The first kappa shape index (κ1) is 20.9. The normalized spacial score (nSPS) is 18.5. The van der Waals surface area contributed by atoms with Gasteiger partial charge in [-0.2, -0.15) is 0 Å². The number of fused-ring (bicyclic) bond motifs is 2. The van der Waals surface area contributed by atoms with E-state index in [1.807, 2.05) is 23.2 Å². The van der Waals surface area contributed by atoms with Crippen LogP contribution in [0.15, 0.2) is 61.1 Å². The fourth-order valence-electron chi connectivity index (χ4n) is 4.84. The molecular weight excluding hydrogens is 424 g/mol. The van der Waals surface area contributed by atoms with E-state index >= 15 is 0 Å².